The molecule has 0 unspecified atom stereocenters. The van der Waals surface area contributed by atoms with Crippen LogP contribution in [0.15, 0.2) is 0 Å². The molecule has 0 aliphatic heterocycles. The van der Waals surface area contributed by atoms with Gasteiger partial charge in [0.05, 0.1) is 0 Å². The third-order valence-electron chi connectivity index (χ3n) is 0. The molecule has 0 saturated heterocycles. The second-order valence-electron chi connectivity index (χ2n) is 0. The van der Waals surface area contributed by atoms with E-state index in [-0.39, 0.29) is 155 Å². The molecule has 0 aromatic carbocycles. The fraction of sp³-hybridized carbons (Fsp3) is 0. The van der Waals surface area contributed by atoms with Crippen LogP contribution in [-0.4, -0.2) is 132 Å². The van der Waals surface area contributed by atoms with E-state index in [9.17, 15) is 0 Å². The van der Waals surface area contributed by atoms with Crippen molar-refractivity contribution in [3.63, 3.8) is 0 Å². The molecule has 0 fully saturated rings. The number of rotatable bonds is 0. The van der Waals surface area contributed by atoms with Gasteiger partial charge in [0.2, 0.25) is 0 Å². The first-order valence-corrected chi connectivity index (χ1v) is 0. The molecule has 5 heteroatoms. The molecule has 0 saturated carbocycles. The summed E-state index contributed by atoms with van der Waals surface area (Å²) in [6.45, 7) is 0. The Kier molecular flexibility index (Phi) is 153. The van der Waals surface area contributed by atoms with Crippen LogP contribution in [0.3, 0.4) is 0 Å². The number of hydrogen-bond donors (Lipinski definition) is 0. The van der Waals surface area contributed by atoms with Crippen LogP contribution in [0.5, 0.6) is 0 Å². The summed E-state index contributed by atoms with van der Waals surface area (Å²) in [6.07, 6.45) is 0. The summed E-state index contributed by atoms with van der Waals surface area (Å²) >= 11 is 0. The van der Waals surface area contributed by atoms with E-state index in [1.165, 1.54) is 0 Å². The molecule has 1 radical (unpaired) electrons. The molecule has 1 nitrogen and oxygen atoms in total. The van der Waals surface area contributed by atoms with Crippen molar-refractivity contribution in [1.82, 2.24) is 0 Å². The minimum absolute atomic E-state index is 0. The van der Waals surface area contributed by atoms with Crippen molar-refractivity contribution < 1.29 is 22.5 Å². The SMILES string of the molecule is [BaH2].[CaH2].[Cu+2].[O-2].[SrH2]. The Hall–Kier alpha value is 4.79. The summed E-state index contributed by atoms with van der Waals surface area (Å²) in [6, 6.07) is 0. The zero-order chi connectivity index (χ0) is 0. The normalized spacial score (nSPS) is 0. The van der Waals surface area contributed by atoms with Crippen LogP contribution in [-0.2, 0) is 22.5 Å². The van der Waals surface area contributed by atoms with E-state index in [2.05, 4.69) is 0 Å². The van der Waals surface area contributed by atoms with Crippen LogP contribution in [0.1, 0.15) is 0 Å². The monoisotopic (exact) mass is 351 g/mol. The molecular weight excluding hydrogens is 345 g/mol. The summed E-state index contributed by atoms with van der Waals surface area (Å²) in [7, 11) is 0. The molecule has 0 atom stereocenters. The van der Waals surface area contributed by atoms with E-state index >= 15 is 0 Å². The van der Waals surface area contributed by atoms with E-state index < -0.39 is 0 Å². The van der Waals surface area contributed by atoms with Gasteiger partial charge in [-0.25, -0.2) is 0 Å². The van der Waals surface area contributed by atoms with Crippen LogP contribution in [0.4, 0.5) is 0 Å². The van der Waals surface area contributed by atoms with Crippen LogP contribution in [0.2, 0.25) is 0 Å². The van der Waals surface area contributed by atoms with Gasteiger partial charge in [0.1, 0.15) is 0 Å². The maximum atomic E-state index is 0. The van der Waals surface area contributed by atoms with Crippen LogP contribution >= 0.6 is 0 Å². The van der Waals surface area contributed by atoms with Crippen LogP contribution in [0, 0.1) is 0 Å². The predicted molar refractivity (Wildman–Crippen MR) is 26.3 cm³/mol. The molecule has 0 bridgehead atoms. The maximum absolute atomic E-state index is 0. The van der Waals surface area contributed by atoms with E-state index in [4.69, 9.17) is 0 Å². The van der Waals surface area contributed by atoms with Crippen molar-refractivity contribution >= 4 is 132 Å². The third kappa shape index (κ3) is 17.7. The zero-order valence-electron chi connectivity index (χ0n) is 0.710. The van der Waals surface area contributed by atoms with Crippen LogP contribution < -0.4 is 0 Å². The van der Waals surface area contributed by atoms with E-state index in [0.717, 1.165) is 0 Å². The third-order valence-corrected chi connectivity index (χ3v) is 0. The first-order valence-electron chi connectivity index (χ1n) is 0. The van der Waals surface area contributed by atoms with Gasteiger partial charge in [-0.05, 0) is 0 Å². The topological polar surface area (TPSA) is 28.5 Å². The van der Waals surface area contributed by atoms with Gasteiger partial charge in [0.25, 0.3) is 0 Å². The van der Waals surface area contributed by atoms with Crippen LogP contribution in [0.25, 0.3) is 0 Å². The molecule has 0 heterocycles. The second kappa shape index (κ2) is 23.2. The van der Waals surface area contributed by atoms with Gasteiger partial charge in [-0.3, -0.25) is 0 Å². The Morgan fingerprint density at radius 3 is 1.00 bits per heavy atom. The van der Waals surface area contributed by atoms with Gasteiger partial charge in [0.15, 0.2) is 0 Å². The molecule has 0 spiro atoms. The molecule has 5 heavy (non-hydrogen) atoms. The van der Waals surface area contributed by atoms with E-state index in [1.807, 2.05) is 0 Å². The molecule has 29 valence electrons. The Morgan fingerprint density at radius 2 is 1.00 bits per heavy atom. The van der Waals surface area contributed by atoms with Crippen molar-refractivity contribution in [2.75, 3.05) is 0 Å². The average molecular weight is 351 g/mol. The molecule has 0 aliphatic carbocycles. The summed E-state index contributed by atoms with van der Waals surface area (Å²) in [5, 5.41) is 0. The average Bonchev–Trinajstić information content (AvgIpc) is 0. The van der Waals surface area contributed by atoms with Gasteiger partial charge < -0.3 is 5.48 Å². The van der Waals surface area contributed by atoms with Crippen molar-refractivity contribution in [3.05, 3.63) is 0 Å². The minimum atomic E-state index is 0. The standard InChI is InChI=1S/Ba.Ca.Cu.O.Sr.6H/q;;+2;-2;;;;;;;. The van der Waals surface area contributed by atoms with Gasteiger partial charge in [-0.2, -0.15) is 0 Å². The molecule has 0 aromatic heterocycles. The van der Waals surface area contributed by atoms with Crippen molar-refractivity contribution in [2.24, 2.45) is 0 Å². The Labute approximate surface area is 150 Å². The van der Waals surface area contributed by atoms with Crippen molar-refractivity contribution in [3.8, 4) is 0 Å². The Morgan fingerprint density at radius 1 is 1.00 bits per heavy atom. The van der Waals surface area contributed by atoms with Gasteiger partial charge in [-0.1, -0.05) is 0 Å². The van der Waals surface area contributed by atoms with Crippen molar-refractivity contribution in [2.45, 2.75) is 0 Å². The predicted octanol–water partition coefficient (Wildman–Crippen LogP) is -2.87. The first-order chi connectivity index (χ1) is 0. The molecule has 0 aromatic rings. The fourth-order valence-corrected chi connectivity index (χ4v) is 0. The summed E-state index contributed by atoms with van der Waals surface area (Å²) < 4.78 is 0. The second-order valence-corrected chi connectivity index (χ2v) is 0. The van der Waals surface area contributed by atoms with Crippen molar-refractivity contribution in [1.29, 1.82) is 0 Å². The number of hydrogen-bond acceptors (Lipinski definition) is 0. The van der Waals surface area contributed by atoms with E-state index in [0.29, 0.717) is 0 Å². The summed E-state index contributed by atoms with van der Waals surface area (Å²) in [5.41, 5.74) is 0. The Bertz CT molecular complexity index is 11.6. The van der Waals surface area contributed by atoms with Gasteiger partial charge >= 0.3 is 149 Å². The fourth-order valence-electron chi connectivity index (χ4n) is 0. The summed E-state index contributed by atoms with van der Waals surface area (Å²) in [5.74, 6) is 0. The summed E-state index contributed by atoms with van der Waals surface area (Å²) in [4.78, 5) is 0. The molecule has 0 N–H and O–H groups in total. The van der Waals surface area contributed by atoms with Gasteiger partial charge in [-0.15, -0.1) is 0 Å². The molecule has 0 amide bonds. The zero-order valence-corrected chi connectivity index (χ0v) is 1.65. The molecular formula is H6BaCaCuOSr. The quantitative estimate of drug-likeness (QED) is 0.420. The van der Waals surface area contributed by atoms with E-state index in [1.54, 1.807) is 0 Å². The molecule has 0 aliphatic rings. The molecule has 0 rings (SSSR count). The Balaban J connectivity index is 0. The first kappa shape index (κ1) is 33.0. The van der Waals surface area contributed by atoms with Gasteiger partial charge in [0, 0.05) is 0 Å².